The minimum Gasteiger partial charge on any atom is -0.436 e. The summed E-state index contributed by atoms with van der Waals surface area (Å²) < 4.78 is 11.4. The third kappa shape index (κ3) is 5.14. The molecule has 1 fully saturated rings. The number of carbonyl (C=O) groups excluding carboxylic acids is 1. The van der Waals surface area contributed by atoms with Crippen LogP contribution < -0.4 is 10.2 Å². The molecular formula is C27H25ClN4O5. The van der Waals surface area contributed by atoms with E-state index in [0.29, 0.717) is 65.7 Å². The van der Waals surface area contributed by atoms with E-state index in [-0.39, 0.29) is 11.3 Å². The molecule has 0 unspecified atom stereocenters. The first kappa shape index (κ1) is 24.7. The third-order valence-corrected chi connectivity index (χ3v) is 6.65. The Balaban J connectivity index is 1.47. The van der Waals surface area contributed by atoms with E-state index in [1.54, 1.807) is 24.3 Å². The first-order valence-corrected chi connectivity index (χ1v) is 12.3. The molecule has 190 valence electrons. The van der Waals surface area contributed by atoms with Gasteiger partial charge in [0.05, 0.1) is 40.0 Å². The first-order chi connectivity index (χ1) is 17.8. The summed E-state index contributed by atoms with van der Waals surface area (Å²) in [7, 11) is 0. The van der Waals surface area contributed by atoms with Gasteiger partial charge in [-0.15, -0.1) is 0 Å². The van der Waals surface area contributed by atoms with Crippen molar-refractivity contribution >= 4 is 45.7 Å². The molecule has 1 amide bonds. The molecule has 0 bridgehead atoms. The summed E-state index contributed by atoms with van der Waals surface area (Å²) in [4.78, 5) is 30.8. The molecule has 1 aliphatic heterocycles. The number of oxazole rings is 1. The van der Waals surface area contributed by atoms with Gasteiger partial charge in [-0.1, -0.05) is 31.5 Å². The Labute approximate surface area is 218 Å². The molecule has 1 saturated heterocycles. The number of nitrogens with zero attached hydrogens (tertiary/aromatic N) is 3. The average Bonchev–Trinajstić information content (AvgIpc) is 3.33. The van der Waals surface area contributed by atoms with Crippen LogP contribution in [0.4, 0.5) is 17.1 Å². The number of benzene rings is 3. The summed E-state index contributed by atoms with van der Waals surface area (Å²) in [6, 6.07) is 15.2. The van der Waals surface area contributed by atoms with Gasteiger partial charge >= 0.3 is 0 Å². The van der Waals surface area contributed by atoms with Crippen molar-refractivity contribution in [2.24, 2.45) is 0 Å². The first-order valence-electron chi connectivity index (χ1n) is 11.9. The van der Waals surface area contributed by atoms with Gasteiger partial charge in [0.2, 0.25) is 5.89 Å². The fourth-order valence-corrected chi connectivity index (χ4v) is 4.48. The number of non-ortho nitro benzene ring substituents is 1. The Morgan fingerprint density at radius 3 is 2.62 bits per heavy atom. The third-order valence-electron chi connectivity index (χ3n) is 6.32. The molecular weight excluding hydrogens is 496 g/mol. The molecule has 2 heterocycles. The molecule has 1 aromatic heterocycles. The fourth-order valence-electron chi connectivity index (χ4n) is 4.28. The van der Waals surface area contributed by atoms with Gasteiger partial charge in [-0.05, 0) is 47.9 Å². The van der Waals surface area contributed by atoms with Gasteiger partial charge in [-0.2, -0.15) is 0 Å². The predicted octanol–water partition coefficient (Wildman–Crippen LogP) is 6.27. The van der Waals surface area contributed by atoms with Gasteiger partial charge in [0.25, 0.3) is 11.6 Å². The van der Waals surface area contributed by atoms with Crippen LogP contribution in [0, 0.1) is 10.1 Å². The number of hydrogen-bond donors (Lipinski definition) is 1. The lowest BCUT2D eigenvalue weighted by atomic mass is 10.0. The quantitative estimate of drug-likeness (QED) is 0.235. The highest BCUT2D eigenvalue weighted by Crippen LogP contribution is 2.34. The summed E-state index contributed by atoms with van der Waals surface area (Å²) in [5.74, 6) is 0.210. The number of nitro groups is 1. The SMILES string of the molecule is CC(C)c1ccc2oc(-c3cc(NC(=O)c4cc([N+](=O)[O-])ccc4N4CCOCC4)ccc3Cl)nc2c1. The average molecular weight is 521 g/mol. The number of rotatable bonds is 6. The number of halogens is 1. The van der Waals surface area contributed by atoms with Crippen molar-refractivity contribution in [2.45, 2.75) is 19.8 Å². The van der Waals surface area contributed by atoms with E-state index in [9.17, 15) is 14.9 Å². The summed E-state index contributed by atoms with van der Waals surface area (Å²) in [6.45, 7) is 6.41. The zero-order valence-corrected chi connectivity index (χ0v) is 21.1. The molecule has 3 aromatic carbocycles. The molecule has 1 N–H and O–H groups in total. The van der Waals surface area contributed by atoms with Gasteiger partial charge in [0.1, 0.15) is 5.52 Å². The van der Waals surface area contributed by atoms with Crippen LogP contribution in [0.2, 0.25) is 5.02 Å². The van der Waals surface area contributed by atoms with E-state index in [0.717, 1.165) is 11.1 Å². The molecule has 0 radical (unpaired) electrons. The summed E-state index contributed by atoms with van der Waals surface area (Å²) in [5.41, 5.74) is 4.13. The van der Waals surface area contributed by atoms with Gasteiger partial charge < -0.3 is 19.4 Å². The second kappa shape index (κ2) is 10.2. The number of carbonyl (C=O) groups is 1. The van der Waals surface area contributed by atoms with Gasteiger partial charge in [-0.25, -0.2) is 4.98 Å². The molecule has 9 nitrogen and oxygen atoms in total. The molecule has 0 saturated carbocycles. The normalized spacial score (nSPS) is 13.8. The molecule has 1 aliphatic rings. The van der Waals surface area contributed by atoms with Crippen LogP contribution in [-0.4, -0.2) is 42.1 Å². The summed E-state index contributed by atoms with van der Waals surface area (Å²) in [5, 5.41) is 14.7. The highest BCUT2D eigenvalue weighted by molar-refractivity contribution is 6.33. The molecule has 5 rings (SSSR count). The number of amides is 1. The highest BCUT2D eigenvalue weighted by Gasteiger charge is 2.23. The minimum atomic E-state index is -0.516. The van der Waals surface area contributed by atoms with Crippen LogP contribution in [0.15, 0.2) is 59.0 Å². The molecule has 10 heteroatoms. The Hall–Kier alpha value is -3.95. The van der Waals surface area contributed by atoms with Crippen molar-refractivity contribution in [3.8, 4) is 11.5 Å². The standard InChI is InChI=1S/C27H25ClN4O5/c1-16(2)17-3-8-25-23(13-17)30-27(37-25)20-14-18(4-6-22(20)28)29-26(33)21-15-19(32(34)35)5-7-24(21)31-9-11-36-12-10-31/h3-8,13-16H,9-12H2,1-2H3,(H,29,33). The van der Waals surface area contributed by atoms with Crippen LogP contribution in [0.1, 0.15) is 35.7 Å². The molecule has 0 atom stereocenters. The van der Waals surface area contributed by atoms with Crippen molar-refractivity contribution in [3.63, 3.8) is 0 Å². The second-order valence-corrected chi connectivity index (χ2v) is 9.51. The van der Waals surface area contributed by atoms with Gasteiger partial charge in [0, 0.05) is 30.9 Å². The minimum absolute atomic E-state index is 0.161. The number of fused-ring (bicyclic) bond motifs is 1. The summed E-state index contributed by atoms with van der Waals surface area (Å²) >= 11 is 6.47. The van der Waals surface area contributed by atoms with E-state index in [1.165, 1.54) is 12.1 Å². The highest BCUT2D eigenvalue weighted by atomic mass is 35.5. The number of nitrogens with one attached hydrogen (secondary N) is 1. The maximum Gasteiger partial charge on any atom is 0.270 e. The predicted molar refractivity (Wildman–Crippen MR) is 143 cm³/mol. The van der Waals surface area contributed by atoms with Crippen molar-refractivity contribution in [1.29, 1.82) is 0 Å². The maximum atomic E-state index is 13.4. The van der Waals surface area contributed by atoms with E-state index in [4.69, 9.17) is 20.8 Å². The number of hydrogen-bond acceptors (Lipinski definition) is 7. The van der Waals surface area contributed by atoms with E-state index in [1.807, 2.05) is 23.1 Å². The number of ether oxygens (including phenoxy) is 1. The lowest BCUT2D eigenvalue weighted by Crippen LogP contribution is -2.37. The van der Waals surface area contributed by atoms with Crippen LogP contribution in [0.5, 0.6) is 0 Å². The van der Waals surface area contributed by atoms with Crippen LogP contribution in [0.3, 0.4) is 0 Å². The Morgan fingerprint density at radius 2 is 1.89 bits per heavy atom. The lowest BCUT2D eigenvalue weighted by molar-refractivity contribution is -0.384. The number of morpholine rings is 1. The Kier molecular flexibility index (Phi) is 6.82. The largest absolute Gasteiger partial charge is 0.436 e. The van der Waals surface area contributed by atoms with Crippen LogP contribution in [0.25, 0.3) is 22.6 Å². The lowest BCUT2D eigenvalue weighted by Gasteiger charge is -2.30. The van der Waals surface area contributed by atoms with E-state index >= 15 is 0 Å². The van der Waals surface area contributed by atoms with Gasteiger partial charge in [-0.3, -0.25) is 14.9 Å². The van der Waals surface area contributed by atoms with Crippen molar-refractivity contribution < 1.29 is 18.9 Å². The van der Waals surface area contributed by atoms with Crippen molar-refractivity contribution in [1.82, 2.24) is 4.98 Å². The maximum absolute atomic E-state index is 13.4. The molecule has 0 aliphatic carbocycles. The smallest absolute Gasteiger partial charge is 0.270 e. The summed E-state index contributed by atoms with van der Waals surface area (Å²) in [6.07, 6.45) is 0. The van der Waals surface area contributed by atoms with Crippen LogP contribution >= 0.6 is 11.6 Å². The molecule has 37 heavy (non-hydrogen) atoms. The van der Waals surface area contributed by atoms with E-state index < -0.39 is 10.8 Å². The second-order valence-electron chi connectivity index (χ2n) is 9.11. The molecule has 4 aromatic rings. The Bertz CT molecular complexity index is 1490. The zero-order chi connectivity index (χ0) is 26.1. The number of nitro benzene ring substituents is 1. The molecule has 0 spiro atoms. The number of aromatic nitrogens is 1. The number of anilines is 2. The van der Waals surface area contributed by atoms with Crippen molar-refractivity contribution in [3.05, 3.63) is 80.9 Å². The monoisotopic (exact) mass is 520 g/mol. The Morgan fingerprint density at radius 1 is 1.11 bits per heavy atom. The zero-order valence-electron chi connectivity index (χ0n) is 20.4. The topological polar surface area (TPSA) is 111 Å². The van der Waals surface area contributed by atoms with Crippen molar-refractivity contribution in [2.75, 3.05) is 36.5 Å². The van der Waals surface area contributed by atoms with E-state index in [2.05, 4.69) is 24.1 Å². The fraction of sp³-hybridized carbons (Fsp3) is 0.259. The van der Waals surface area contributed by atoms with Crippen LogP contribution in [-0.2, 0) is 4.74 Å². The van der Waals surface area contributed by atoms with Gasteiger partial charge in [0.15, 0.2) is 5.58 Å².